The van der Waals surface area contributed by atoms with Crippen LogP contribution < -0.4 is 5.32 Å². The van der Waals surface area contributed by atoms with E-state index >= 15 is 0 Å². The molecule has 0 aromatic carbocycles. The van der Waals surface area contributed by atoms with Gasteiger partial charge in [0.25, 0.3) is 0 Å². The highest BCUT2D eigenvalue weighted by molar-refractivity contribution is 9.12. The van der Waals surface area contributed by atoms with E-state index < -0.39 is 0 Å². The molecular weight excluding hydrogens is 283 g/mol. The third kappa shape index (κ3) is 3.28. The Kier molecular flexibility index (Phi) is 4.15. The molecule has 17 heavy (non-hydrogen) atoms. The largest absolute Gasteiger partial charge is 0.388 e. The maximum absolute atomic E-state index is 13.2. The van der Waals surface area contributed by atoms with E-state index in [1.165, 1.54) is 38.2 Å². The highest BCUT2D eigenvalue weighted by Crippen LogP contribution is 2.26. The lowest BCUT2D eigenvalue weighted by Gasteiger charge is -2.22. The molecule has 0 bridgehead atoms. The Labute approximate surface area is 109 Å². The number of hydrogen-bond donors (Lipinski definition) is 2. The molecule has 0 aromatic rings. The normalized spacial score (nSPS) is 24.6. The maximum atomic E-state index is 13.2. The molecule has 92 valence electrons. The van der Waals surface area contributed by atoms with Crippen molar-refractivity contribution in [2.45, 2.75) is 38.1 Å². The van der Waals surface area contributed by atoms with Gasteiger partial charge in [0, 0.05) is 23.9 Å². The van der Waals surface area contributed by atoms with Crippen molar-refractivity contribution in [3.05, 3.63) is 34.2 Å². The van der Waals surface area contributed by atoms with E-state index in [1.54, 1.807) is 6.08 Å². The minimum absolute atomic E-state index is 0.217. The van der Waals surface area contributed by atoms with Gasteiger partial charge < -0.3 is 10.7 Å². The molecule has 0 heterocycles. The Balaban J connectivity index is 2.00. The Hall–Kier alpha value is -0.900. The first-order chi connectivity index (χ1) is 8.16. The Bertz CT molecular complexity index is 404. The lowest BCUT2D eigenvalue weighted by atomic mass is 9.95. The van der Waals surface area contributed by atoms with Gasteiger partial charge in [-0.3, -0.25) is 0 Å². The van der Waals surface area contributed by atoms with Gasteiger partial charge in [-0.2, -0.15) is 0 Å². The van der Waals surface area contributed by atoms with Gasteiger partial charge in [-0.1, -0.05) is 19.3 Å². The van der Waals surface area contributed by atoms with E-state index in [2.05, 4.69) is 21.2 Å². The van der Waals surface area contributed by atoms with Crippen LogP contribution in [0.5, 0.6) is 0 Å². The van der Waals surface area contributed by atoms with Gasteiger partial charge in [0.15, 0.2) is 0 Å². The standard InChI is InChI=1S/C13H16BrFN2/c14-11-6-9(13(16)7-12(11)15)8-17-10-4-2-1-3-5-10/h6-8,10,16-17H,1-5H2/b9-8-,16-13?. The fourth-order valence-electron chi connectivity index (χ4n) is 2.16. The number of halogens is 2. The summed E-state index contributed by atoms with van der Waals surface area (Å²) in [6, 6.07) is 0.506. The molecule has 0 saturated heterocycles. The second kappa shape index (κ2) is 5.63. The van der Waals surface area contributed by atoms with Crippen LogP contribution in [-0.2, 0) is 0 Å². The quantitative estimate of drug-likeness (QED) is 0.795. The zero-order valence-corrected chi connectivity index (χ0v) is 11.2. The zero-order valence-electron chi connectivity index (χ0n) is 9.60. The van der Waals surface area contributed by atoms with Crippen LogP contribution in [0.2, 0.25) is 0 Å². The van der Waals surface area contributed by atoms with Crippen molar-refractivity contribution in [2.75, 3.05) is 0 Å². The second-order valence-corrected chi connectivity index (χ2v) is 5.35. The monoisotopic (exact) mass is 298 g/mol. The van der Waals surface area contributed by atoms with E-state index in [-0.39, 0.29) is 11.5 Å². The summed E-state index contributed by atoms with van der Waals surface area (Å²) < 4.78 is 13.6. The average Bonchev–Trinajstić information content (AvgIpc) is 2.33. The number of allylic oxidation sites excluding steroid dienone is 5. The van der Waals surface area contributed by atoms with Crippen LogP contribution in [0.3, 0.4) is 0 Å². The van der Waals surface area contributed by atoms with Gasteiger partial charge >= 0.3 is 0 Å². The topological polar surface area (TPSA) is 35.9 Å². The summed E-state index contributed by atoms with van der Waals surface area (Å²) in [5.41, 5.74) is 0.942. The lowest BCUT2D eigenvalue weighted by Crippen LogP contribution is -2.27. The molecule has 0 atom stereocenters. The minimum atomic E-state index is -0.384. The van der Waals surface area contributed by atoms with Crippen molar-refractivity contribution in [3.8, 4) is 0 Å². The first-order valence-corrected chi connectivity index (χ1v) is 6.76. The molecule has 0 aromatic heterocycles. The van der Waals surface area contributed by atoms with E-state index in [0.717, 1.165) is 5.57 Å². The Morgan fingerprint density at radius 1 is 1.29 bits per heavy atom. The summed E-state index contributed by atoms with van der Waals surface area (Å²) in [6.45, 7) is 0. The summed E-state index contributed by atoms with van der Waals surface area (Å²) in [6.07, 6.45) is 11.0. The SMILES string of the molecule is N=C1C=C(F)C(Br)=C/C1=C/NC1CCCCC1. The van der Waals surface area contributed by atoms with Gasteiger partial charge in [-0.05, 0) is 34.8 Å². The predicted molar refractivity (Wildman–Crippen MR) is 72.0 cm³/mol. The fourth-order valence-corrected chi connectivity index (χ4v) is 2.52. The van der Waals surface area contributed by atoms with Crippen LogP contribution in [0.15, 0.2) is 34.2 Å². The molecule has 2 rings (SSSR count). The van der Waals surface area contributed by atoms with E-state index in [1.807, 2.05) is 6.20 Å². The molecule has 2 N–H and O–H groups in total. The molecule has 0 amide bonds. The summed E-state index contributed by atoms with van der Waals surface area (Å²) in [5.74, 6) is -0.384. The molecule has 0 aliphatic heterocycles. The highest BCUT2D eigenvalue weighted by Gasteiger charge is 2.15. The van der Waals surface area contributed by atoms with Crippen LogP contribution in [0.4, 0.5) is 4.39 Å². The number of rotatable bonds is 2. The van der Waals surface area contributed by atoms with Crippen LogP contribution in [0, 0.1) is 5.41 Å². The summed E-state index contributed by atoms with van der Waals surface area (Å²) in [5, 5.41) is 11.0. The molecule has 2 aliphatic carbocycles. The van der Waals surface area contributed by atoms with Gasteiger partial charge in [-0.15, -0.1) is 0 Å². The van der Waals surface area contributed by atoms with Crippen LogP contribution in [0.25, 0.3) is 0 Å². The van der Waals surface area contributed by atoms with Crippen molar-refractivity contribution >= 4 is 21.6 Å². The second-order valence-electron chi connectivity index (χ2n) is 4.50. The van der Waals surface area contributed by atoms with Crippen molar-refractivity contribution < 1.29 is 4.39 Å². The number of nitrogens with one attached hydrogen (secondary N) is 2. The first kappa shape index (κ1) is 12.6. The van der Waals surface area contributed by atoms with Crippen LogP contribution in [0.1, 0.15) is 32.1 Å². The molecule has 1 fully saturated rings. The average molecular weight is 299 g/mol. The fraction of sp³-hybridized carbons (Fsp3) is 0.462. The van der Waals surface area contributed by atoms with Gasteiger partial charge in [0.1, 0.15) is 5.83 Å². The molecule has 0 unspecified atom stereocenters. The highest BCUT2D eigenvalue weighted by atomic mass is 79.9. The minimum Gasteiger partial charge on any atom is -0.388 e. The third-order valence-corrected chi connectivity index (χ3v) is 3.78. The van der Waals surface area contributed by atoms with Gasteiger partial charge in [0.05, 0.1) is 10.2 Å². The molecule has 4 heteroatoms. The van der Waals surface area contributed by atoms with Gasteiger partial charge in [0.2, 0.25) is 0 Å². The summed E-state index contributed by atoms with van der Waals surface area (Å²) in [7, 11) is 0. The summed E-state index contributed by atoms with van der Waals surface area (Å²) in [4.78, 5) is 0. The molecule has 0 spiro atoms. The molecular formula is C13H16BrFN2. The summed E-state index contributed by atoms with van der Waals surface area (Å²) >= 11 is 3.14. The molecule has 2 aliphatic rings. The molecule has 1 saturated carbocycles. The Morgan fingerprint density at radius 2 is 2.00 bits per heavy atom. The smallest absolute Gasteiger partial charge is 0.139 e. The van der Waals surface area contributed by atoms with Gasteiger partial charge in [-0.25, -0.2) is 4.39 Å². The van der Waals surface area contributed by atoms with Crippen molar-refractivity contribution in [1.29, 1.82) is 5.41 Å². The van der Waals surface area contributed by atoms with Crippen LogP contribution >= 0.6 is 15.9 Å². The molecule has 2 nitrogen and oxygen atoms in total. The third-order valence-electron chi connectivity index (χ3n) is 3.17. The number of hydrogen-bond acceptors (Lipinski definition) is 2. The Morgan fingerprint density at radius 3 is 2.71 bits per heavy atom. The first-order valence-electron chi connectivity index (χ1n) is 5.97. The zero-order chi connectivity index (χ0) is 12.3. The van der Waals surface area contributed by atoms with E-state index in [9.17, 15) is 4.39 Å². The van der Waals surface area contributed by atoms with Crippen molar-refractivity contribution in [1.82, 2.24) is 5.32 Å². The maximum Gasteiger partial charge on any atom is 0.139 e. The molecule has 0 radical (unpaired) electrons. The van der Waals surface area contributed by atoms with Crippen molar-refractivity contribution in [3.63, 3.8) is 0 Å². The van der Waals surface area contributed by atoms with E-state index in [4.69, 9.17) is 5.41 Å². The predicted octanol–water partition coefficient (Wildman–Crippen LogP) is 3.96. The lowest BCUT2D eigenvalue weighted by molar-refractivity contribution is 0.404. The van der Waals surface area contributed by atoms with Crippen molar-refractivity contribution in [2.24, 2.45) is 0 Å². The van der Waals surface area contributed by atoms with Crippen LogP contribution in [-0.4, -0.2) is 11.8 Å². The van der Waals surface area contributed by atoms with E-state index in [0.29, 0.717) is 10.5 Å².